The smallest absolute Gasteiger partial charge is 0.410 e. The van der Waals surface area contributed by atoms with Crippen molar-refractivity contribution in [2.45, 2.75) is 52.1 Å². The Hall–Kier alpha value is -1.71. The molecule has 0 N–H and O–H groups in total. The molecule has 2 fully saturated rings. The van der Waals surface area contributed by atoms with Crippen LogP contribution < -0.4 is 4.90 Å². The van der Waals surface area contributed by atoms with E-state index in [1.807, 2.05) is 25.7 Å². The topological polar surface area (TPSA) is 32.8 Å². The van der Waals surface area contributed by atoms with E-state index in [1.165, 1.54) is 29.7 Å². The summed E-state index contributed by atoms with van der Waals surface area (Å²) < 4.78 is 5.47. The Labute approximate surface area is 139 Å². The predicted molar refractivity (Wildman–Crippen MR) is 93.2 cm³/mol. The highest BCUT2D eigenvalue weighted by Gasteiger charge is 2.30. The summed E-state index contributed by atoms with van der Waals surface area (Å²) in [4.78, 5) is 16.4. The van der Waals surface area contributed by atoms with Gasteiger partial charge in [-0.25, -0.2) is 4.79 Å². The van der Waals surface area contributed by atoms with Crippen molar-refractivity contribution in [3.05, 3.63) is 29.3 Å². The number of hydrogen-bond donors (Lipinski definition) is 0. The minimum atomic E-state index is -0.426. The van der Waals surface area contributed by atoms with Crippen molar-refractivity contribution in [3.63, 3.8) is 0 Å². The number of benzene rings is 1. The first-order valence-corrected chi connectivity index (χ1v) is 8.67. The highest BCUT2D eigenvalue weighted by Crippen LogP contribution is 2.44. The van der Waals surface area contributed by atoms with Crippen LogP contribution in [0.25, 0.3) is 0 Å². The molecule has 1 saturated carbocycles. The fraction of sp³-hybridized carbons (Fsp3) is 0.632. The van der Waals surface area contributed by atoms with Crippen LogP contribution in [0.3, 0.4) is 0 Å². The Bertz CT molecular complexity index is 580. The van der Waals surface area contributed by atoms with Crippen molar-refractivity contribution < 1.29 is 9.53 Å². The zero-order valence-corrected chi connectivity index (χ0v) is 14.8. The molecular formula is C19H28N2O2. The summed E-state index contributed by atoms with van der Waals surface area (Å²) in [5.41, 5.74) is 3.77. The second-order valence-electron chi connectivity index (χ2n) is 7.79. The minimum absolute atomic E-state index is 0.191. The molecule has 4 heteroatoms. The van der Waals surface area contributed by atoms with Crippen molar-refractivity contribution in [1.82, 2.24) is 4.90 Å². The summed E-state index contributed by atoms with van der Waals surface area (Å²) in [5, 5.41) is 0. The number of ether oxygens (including phenoxy) is 1. The van der Waals surface area contributed by atoms with E-state index in [4.69, 9.17) is 4.74 Å². The number of amides is 1. The van der Waals surface area contributed by atoms with Crippen molar-refractivity contribution in [1.29, 1.82) is 0 Å². The molecule has 2 aliphatic rings. The maximum Gasteiger partial charge on any atom is 0.410 e. The molecule has 23 heavy (non-hydrogen) atoms. The van der Waals surface area contributed by atoms with Gasteiger partial charge in [-0.3, -0.25) is 0 Å². The molecule has 1 amide bonds. The molecule has 1 saturated heterocycles. The third kappa shape index (κ3) is 3.98. The van der Waals surface area contributed by atoms with Gasteiger partial charge in [0.25, 0.3) is 0 Å². The molecule has 1 aromatic carbocycles. The molecule has 0 unspecified atom stereocenters. The third-order valence-electron chi connectivity index (χ3n) is 4.47. The molecule has 0 spiro atoms. The van der Waals surface area contributed by atoms with Crippen LogP contribution in [0.15, 0.2) is 18.2 Å². The van der Waals surface area contributed by atoms with E-state index in [0.29, 0.717) is 0 Å². The van der Waals surface area contributed by atoms with E-state index in [1.54, 1.807) is 0 Å². The number of carbonyl (C=O) groups excluding carboxylic acids is 1. The summed E-state index contributed by atoms with van der Waals surface area (Å²) in [6.07, 6.45) is 2.44. The van der Waals surface area contributed by atoms with Gasteiger partial charge in [-0.15, -0.1) is 0 Å². The van der Waals surface area contributed by atoms with Crippen LogP contribution in [0.5, 0.6) is 0 Å². The van der Waals surface area contributed by atoms with Gasteiger partial charge >= 0.3 is 6.09 Å². The van der Waals surface area contributed by atoms with E-state index in [9.17, 15) is 4.79 Å². The van der Waals surface area contributed by atoms with Crippen LogP contribution in [-0.2, 0) is 4.74 Å². The zero-order valence-electron chi connectivity index (χ0n) is 14.8. The standard InChI is InChI=1S/C19H28N2O2/c1-14-5-8-17(16(13-14)15-6-7-15)20-9-11-21(12-10-20)18(22)23-19(2,3)4/h5,8,13,15H,6-7,9-12H2,1-4H3. The number of hydrogen-bond acceptors (Lipinski definition) is 3. The summed E-state index contributed by atoms with van der Waals surface area (Å²) in [6, 6.07) is 6.79. The van der Waals surface area contributed by atoms with Gasteiger partial charge in [0.1, 0.15) is 5.60 Å². The summed E-state index contributed by atoms with van der Waals surface area (Å²) in [7, 11) is 0. The van der Waals surface area contributed by atoms with E-state index in [0.717, 1.165) is 32.1 Å². The van der Waals surface area contributed by atoms with E-state index in [2.05, 4.69) is 30.0 Å². The highest BCUT2D eigenvalue weighted by molar-refractivity contribution is 5.69. The lowest BCUT2D eigenvalue weighted by Gasteiger charge is -2.37. The number of carbonyl (C=O) groups is 1. The molecule has 1 aliphatic carbocycles. The first-order chi connectivity index (χ1) is 10.8. The van der Waals surface area contributed by atoms with E-state index in [-0.39, 0.29) is 6.09 Å². The molecule has 0 radical (unpaired) electrons. The van der Waals surface area contributed by atoms with Gasteiger partial charge in [0.05, 0.1) is 0 Å². The highest BCUT2D eigenvalue weighted by atomic mass is 16.6. The normalized spacial score (nSPS) is 19.0. The van der Waals surface area contributed by atoms with Crippen LogP contribution in [0.1, 0.15) is 50.7 Å². The van der Waals surface area contributed by atoms with Crippen molar-refractivity contribution in [2.24, 2.45) is 0 Å². The quantitative estimate of drug-likeness (QED) is 0.829. The first-order valence-electron chi connectivity index (χ1n) is 8.67. The van der Waals surface area contributed by atoms with Gasteiger partial charge in [-0.05, 0) is 58.1 Å². The average molecular weight is 316 g/mol. The summed E-state index contributed by atoms with van der Waals surface area (Å²) >= 11 is 0. The maximum absolute atomic E-state index is 12.2. The SMILES string of the molecule is Cc1ccc(N2CCN(C(=O)OC(C)(C)C)CC2)c(C2CC2)c1. The van der Waals surface area contributed by atoms with Gasteiger partial charge in [-0.1, -0.05) is 17.7 Å². The van der Waals surface area contributed by atoms with Gasteiger partial charge in [0.15, 0.2) is 0 Å². The van der Waals surface area contributed by atoms with Crippen molar-refractivity contribution in [2.75, 3.05) is 31.1 Å². The Morgan fingerprint density at radius 2 is 1.78 bits per heavy atom. The number of aryl methyl sites for hydroxylation is 1. The zero-order chi connectivity index (χ0) is 16.6. The second-order valence-corrected chi connectivity index (χ2v) is 7.79. The monoisotopic (exact) mass is 316 g/mol. The lowest BCUT2D eigenvalue weighted by atomic mass is 10.0. The molecule has 0 bridgehead atoms. The van der Waals surface area contributed by atoms with Gasteiger partial charge in [-0.2, -0.15) is 0 Å². The lowest BCUT2D eigenvalue weighted by Crippen LogP contribution is -2.50. The number of piperazine rings is 1. The van der Waals surface area contributed by atoms with Crippen LogP contribution in [-0.4, -0.2) is 42.8 Å². The fourth-order valence-electron chi connectivity index (χ4n) is 3.14. The molecule has 126 valence electrons. The van der Waals surface area contributed by atoms with E-state index >= 15 is 0 Å². The first kappa shape index (κ1) is 16.2. The fourth-order valence-corrected chi connectivity index (χ4v) is 3.14. The molecule has 1 heterocycles. The molecule has 0 atom stereocenters. The Morgan fingerprint density at radius 1 is 1.13 bits per heavy atom. The van der Waals surface area contributed by atoms with E-state index < -0.39 is 5.60 Å². The number of nitrogens with zero attached hydrogens (tertiary/aromatic N) is 2. The Kier molecular flexibility index (Phi) is 4.26. The average Bonchev–Trinajstić information content (AvgIpc) is 3.30. The van der Waals surface area contributed by atoms with Crippen molar-refractivity contribution >= 4 is 11.8 Å². The van der Waals surface area contributed by atoms with Crippen LogP contribution in [0.4, 0.5) is 10.5 Å². The second kappa shape index (κ2) is 6.06. The van der Waals surface area contributed by atoms with Gasteiger partial charge < -0.3 is 14.5 Å². The van der Waals surface area contributed by atoms with Gasteiger partial charge in [0, 0.05) is 31.9 Å². The third-order valence-corrected chi connectivity index (χ3v) is 4.47. The van der Waals surface area contributed by atoms with Crippen LogP contribution in [0.2, 0.25) is 0 Å². The molecule has 3 rings (SSSR count). The summed E-state index contributed by atoms with van der Waals surface area (Å²) in [5.74, 6) is 0.744. The molecule has 1 aromatic rings. The lowest BCUT2D eigenvalue weighted by molar-refractivity contribution is 0.0240. The predicted octanol–water partition coefficient (Wildman–Crippen LogP) is 3.93. The number of rotatable bonds is 2. The summed E-state index contributed by atoms with van der Waals surface area (Å²) in [6.45, 7) is 11.1. The maximum atomic E-state index is 12.2. The Morgan fingerprint density at radius 3 is 2.35 bits per heavy atom. The molecule has 1 aliphatic heterocycles. The molecule has 4 nitrogen and oxygen atoms in total. The number of anilines is 1. The molecular weight excluding hydrogens is 288 g/mol. The largest absolute Gasteiger partial charge is 0.444 e. The van der Waals surface area contributed by atoms with Crippen molar-refractivity contribution in [3.8, 4) is 0 Å². The Balaban J connectivity index is 1.64. The minimum Gasteiger partial charge on any atom is -0.444 e. The van der Waals surface area contributed by atoms with Crippen LogP contribution >= 0.6 is 0 Å². The van der Waals surface area contributed by atoms with Gasteiger partial charge in [0.2, 0.25) is 0 Å². The van der Waals surface area contributed by atoms with Crippen LogP contribution in [0, 0.1) is 6.92 Å². The molecule has 0 aromatic heterocycles.